The second kappa shape index (κ2) is 21.9. The Bertz CT molecular complexity index is 640. The Morgan fingerprint density at radius 1 is 0.600 bits per heavy atom. The van der Waals surface area contributed by atoms with Crippen molar-refractivity contribution in [3.63, 3.8) is 0 Å². The highest BCUT2D eigenvalue weighted by Gasteiger charge is 2.15. The number of carboxylic acids is 1. The molecule has 0 aromatic rings. The topological polar surface area (TPSA) is 455 Å². The predicted molar refractivity (Wildman–Crippen MR) is 110 cm³/mol. The van der Waals surface area contributed by atoms with Gasteiger partial charge in [0.1, 0.15) is 6.04 Å². The summed E-state index contributed by atoms with van der Waals surface area (Å²) < 4.78 is 44.4. The van der Waals surface area contributed by atoms with Crippen molar-refractivity contribution in [2.24, 2.45) is 0 Å². The number of phosphoric acid groups is 5. The van der Waals surface area contributed by atoms with Crippen LogP contribution < -0.4 is 5.32 Å². The fraction of sp³-hybridized carbons (Fsp3) is 0.600. The molecule has 0 aromatic carbocycles. The van der Waals surface area contributed by atoms with Gasteiger partial charge < -0.3 is 83.8 Å². The first kappa shape index (κ1) is 48.0. The molecule has 0 saturated heterocycles. The molecule has 0 heterocycles. The maximum atomic E-state index is 10.3. The lowest BCUT2D eigenvalue weighted by Crippen LogP contribution is -2.40. The van der Waals surface area contributed by atoms with Crippen LogP contribution in [0, 0.1) is 0 Å². The van der Waals surface area contributed by atoms with Crippen LogP contribution in [0.4, 0.5) is 0 Å². The lowest BCUT2D eigenvalue weighted by atomic mass is 10.3. The molecule has 1 unspecified atom stereocenters. The zero-order valence-electron chi connectivity index (χ0n) is 16.5. The molecule has 0 fully saturated rings. The van der Waals surface area contributed by atoms with Gasteiger partial charge in [-0.1, -0.05) is 0 Å². The van der Waals surface area contributed by atoms with Gasteiger partial charge in [-0.15, -0.1) is 0 Å². The quantitative estimate of drug-likeness (QED) is 0.0999. The molecule has 0 aromatic heterocycles. The van der Waals surface area contributed by atoms with Crippen molar-refractivity contribution in [3.05, 3.63) is 0 Å². The summed E-state index contributed by atoms with van der Waals surface area (Å²) in [6.45, 7) is 1.26. The molecule has 0 radical (unpaired) electrons. The van der Waals surface area contributed by atoms with E-state index in [9.17, 15) is 9.59 Å². The molecule has 35 heavy (non-hydrogen) atoms. The normalized spacial score (nSPS) is 11.9. The van der Waals surface area contributed by atoms with Crippen LogP contribution in [0.25, 0.3) is 0 Å². The van der Waals surface area contributed by atoms with Crippen molar-refractivity contribution in [2.45, 2.75) is 13.0 Å². The molecule has 0 spiro atoms. The first-order chi connectivity index (χ1) is 14.6. The summed E-state index contributed by atoms with van der Waals surface area (Å²) in [5.74, 6) is -1.32. The Labute approximate surface area is 199 Å². The highest BCUT2D eigenvalue weighted by Crippen LogP contribution is 2.27. The van der Waals surface area contributed by atoms with Crippen molar-refractivity contribution in [1.82, 2.24) is 5.32 Å². The van der Waals surface area contributed by atoms with E-state index in [2.05, 4.69) is 17.9 Å². The van der Waals surface area contributed by atoms with Gasteiger partial charge >= 0.3 is 45.1 Å². The predicted octanol–water partition coefficient (Wildman–Crippen LogP) is -5.14. The van der Waals surface area contributed by atoms with E-state index in [0.717, 1.165) is 0 Å². The molecule has 0 saturated carbocycles. The van der Waals surface area contributed by atoms with Crippen LogP contribution in [0.5, 0.6) is 0 Å². The molecule has 0 rings (SSSR count). The minimum Gasteiger partial charge on any atom is -0.480 e. The molecular formula is C5H24NO23P5S. The van der Waals surface area contributed by atoms with Gasteiger partial charge in [-0.2, -0.15) is 12.6 Å². The Morgan fingerprint density at radius 3 is 0.771 bits per heavy atom. The van der Waals surface area contributed by atoms with Gasteiger partial charge in [-0.3, -0.25) is 4.79 Å². The number of carboxylic acid groups (broad SMARTS) is 1. The van der Waals surface area contributed by atoms with Crippen LogP contribution in [0.15, 0.2) is 0 Å². The highest BCUT2D eigenvalue weighted by atomic mass is 32.1. The van der Waals surface area contributed by atoms with Gasteiger partial charge in [0.15, 0.2) is 0 Å². The summed E-state index contributed by atoms with van der Waals surface area (Å²) in [6.07, 6.45) is 0. The standard InChI is InChI=1S/C5H9NO3S.5H3O4P/c1-3(7)6-4(2-10)5(8)9;5*1-5(2,3)4/h4,10H,2H2,1H3,(H,6,7)(H,8,9);5*(H3,1,2,3,4). The van der Waals surface area contributed by atoms with Gasteiger partial charge in [-0.25, -0.2) is 27.6 Å². The summed E-state index contributed by atoms with van der Waals surface area (Å²) in [5.41, 5.74) is 0. The Balaban J connectivity index is -0.0000000744. The lowest BCUT2D eigenvalue weighted by molar-refractivity contribution is -0.140. The van der Waals surface area contributed by atoms with Crippen molar-refractivity contribution in [3.8, 4) is 0 Å². The smallest absolute Gasteiger partial charge is 0.466 e. The van der Waals surface area contributed by atoms with E-state index in [0.29, 0.717) is 0 Å². The van der Waals surface area contributed by atoms with Gasteiger partial charge in [0.05, 0.1) is 0 Å². The van der Waals surface area contributed by atoms with E-state index in [1.807, 2.05) is 0 Å². The third kappa shape index (κ3) is 354. The van der Waals surface area contributed by atoms with E-state index in [-0.39, 0.29) is 11.7 Å². The van der Waals surface area contributed by atoms with Crippen LogP contribution in [-0.2, 0) is 32.4 Å². The molecule has 17 N–H and O–H groups in total. The van der Waals surface area contributed by atoms with E-state index in [1.165, 1.54) is 6.92 Å². The maximum Gasteiger partial charge on any atom is 0.466 e. The molecule has 24 nitrogen and oxygen atoms in total. The average Bonchev–Trinajstić information content (AvgIpc) is 2.34. The summed E-state index contributed by atoms with van der Waals surface area (Å²) in [7, 11) is -23.2. The first-order valence-electron chi connectivity index (χ1n) is 6.60. The first-order valence-corrected chi connectivity index (χ1v) is 15.1. The molecule has 0 aliphatic carbocycles. The summed E-state index contributed by atoms with van der Waals surface area (Å²) in [5, 5.41) is 10.6. The van der Waals surface area contributed by atoms with Crippen LogP contribution >= 0.6 is 51.7 Å². The SMILES string of the molecule is CC(=O)NC(CS)C(=O)O.O=P(O)(O)O.O=P(O)(O)O.O=P(O)(O)O.O=P(O)(O)O.O=P(O)(O)O. The zero-order chi connectivity index (χ0) is 30.6. The largest absolute Gasteiger partial charge is 0.480 e. The number of amides is 1. The van der Waals surface area contributed by atoms with Gasteiger partial charge in [0.25, 0.3) is 0 Å². The molecule has 0 aliphatic rings. The third-order valence-electron chi connectivity index (χ3n) is 0.858. The van der Waals surface area contributed by atoms with Crippen molar-refractivity contribution < 1.29 is 111 Å². The molecule has 0 bridgehead atoms. The third-order valence-corrected chi connectivity index (χ3v) is 1.22. The summed E-state index contributed by atoms with van der Waals surface area (Å²) >= 11 is 3.73. The summed E-state index contributed by atoms with van der Waals surface area (Å²) in [6, 6.07) is -0.874. The van der Waals surface area contributed by atoms with Crippen LogP contribution in [0.2, 0.25) is 0 Å². The second-order valence-corrected chi connectivity index (χ2v) is 9.84. The van der Waals surface area contributed by atoms with Gasteiger partial charge in [0, 0.05) is 12.7 Å². The highest BCUT2D eigenvalue weighted by molar-refractivity contribution is 7.80. The Hall–Kier alpha value is -0.160. The Morgan fingerprint density at radius 2 is 0.743 bits per heavy atom. The van der Waals surface area contributed by atoms with E-state index < -0.39 is 51.1 Å². The molecule has 30 heteroatoms. The van der Waals surface area contributed by atoms with Crippen molar-refractivity contribution in [2.75, 3.05) is 5.75 Å². The lowest BCUT2D eigenvalue weighted by Gasteiger charge is -2.08. The number of hydrogen-bond acceptors (Lipinski definition) is 8. The molecule has 0 aliphatic heterocycles. The second-order valence-electron chi connectivity index (χ2n) is 4.34. The minimum absolute atomic E-state index is 0.106. The number of rotatable bonds is 3. The fourth-order valence-electron chi connectivity index (χ4n) is 0.431. The number of hydrogen-bond donors (Lipinski definition) is 18. The van der Waals surface area contributed by atoms with Crippen LogP contribution in [0.1, 0.15) is 6.92 Å². The Kier molecular flexibility index (Phi) is 30.0. The number of nitrogens with one attached hydrogen (secondary N) is 1. The van der Waals surface area contributed by atoms with Crippen molar-refractivity contribution >= 4 is 63.6 Å². The van der Waals surface area contributed by atoms with E-state index in [1.54, 1.807) is 0 Å². The number of aliphatic carboxylic acids is 1. The zero-order valence-corrected chi connectivity index (χ0v) is 21.8. The monoisotopic (exact) mass is 653 g/mol. The molecule has 1 atom stereocenters. The maximum absolute atomic E-state index is 10.3. The minimum atomic E-state index is -4.64. The molecule has 218 valence electrons. The molecular weight excluding hydrogens is 629 g/mol. The van der Waals surface area contributed by atoms with Gasteiger partial charge in [-0.05, 0) is 0 Å². The van der Waals surface area contributed by atoms with E-state index >= 15 is 0 Å². The number of thiol groups is 1. The van der Waals surface area contributed by atoms with E-state index in [4.69, 9.17) is 101 Å². The fourth-order valence-corrected chi connectivity index (χ4v) is 0.678. The van der Waals surface area contributed by atoms with Crippen LogP contribution in [0.3, 0.4) is 0 Å². The number of carbonyl (C=O) groups excluding carboxylic acids is 1. The average molecular weight is 653 g/mol. The van der Waals surface area contributed by atoms with Crippen LogP contribution in [-0.4, -0.2) is 102 Å². The van der Waals surface area contributed by atoms with Gasteiger partial charge in [0.2, 0.25) is 5.91 Å². The number of carbonyl (C=O) groups is 2. The van der Waals surface area contributed by atoms with Crippen molar-refractivity contribution in [1.29, 1.82) is 0 Å². The summed E-state index contributed by atoms with van der Waals surface area (Å²) in [4.78, 5) is 128. The molecule has 1 amide bonds.